The molecule has 3 nitrogen and oxygen atoms in total. The van der Waals surface area contributed by atoms with E-state index in [4.69, 9.17) is 0 Å². The molecule has 106 valence electrons. The number of nitrogens with zero attached hydrogens (tertiary/aromatic N) is 2. The van der Waals surface area contributed by atoms with E-state index in [1.807, 2.05) is 48.8 Å². The van der Waals surface area contributed by atoms with Crippen molar-refractivity contribution in [2.24, 2.45) is 0 Å². The maximum Gasteiger partial charge on any atom is 0.0783 e. The summed E-state index contributed by atoms with van der Waals surface area (Å²) in [6.07, 6.45) is 3.26. The first-order valence-electron chi connectivity index (χ1n) is 6.73. The molecule has 1 heterocycles. The fraction of sp³-hybridized carbons (Fsp3) is 0.118. The number of rotatable bonds is 3. The quantitative estimate of drug-likeness (QED) is 0.768. The molecule has 0 aliphatic carbocycles. The van der Waals surface area contributed by atoms with Crippen molar-refractivity contribution >= 4 is 15.9 Å². The zero-order valence-corrected chi connectivity index (χ0v) is 13.2. The van der Waals surface area contributed by atoms with Crippen LogP contribution < -0.4 is 0 Å². The molecule has 4 heteroatoms. The second-order valence-corrected chi connectivity index (χ2v) is 5.83. The first-order valence-corrected chi connectivity index (χ1v) is 7.52. The maximum absolute atomic E-state index is 9.95. The van der Waals surface area contributed by atoms with Gasteiger partial charge < -0.3 is 5.11 Å². The van der Waals surface area contributed by atoms with Crippen LogP contribution in [0.1, 0.15) is 18.6 Å². The highest BCUT2D eigenvalue weighted by atomic mass is 79.9. The summed E-state index contributed by atoms with van der Waals surface area (Å²) in [6.45, 7) is 1.76. The molecule has 1 unspecified atom stereocenters. The molecule has 0 fully saturated rings. The molecule has 3 rings (SSSR count). The maximum atomic E-state index is 9.95. The zero-order valence-electron chi connectivity index (χ0n) is 11.6. The highest BCUT2D eigenvalue weighted by Crippen LogP contribution is 2.27. The monoisotopic (exact) mass is 342 g/mol. The number of halogens is 1. The van der Waals surface area contributed by atoms with E-state index in [1.54, 1.807) is 11.6 Å². The Hall–Kier alpha value is -1.91. The van der Waals surface area contributed by atoms with E-state index in [2.05, 4.69) is 33.2 Å². The van der Waals surface area contributed by atoms with Gasteiger partial charge in [-0.05, 0) is 30.7 Å². The minimum atomic E-state index is -0.554. The van der Waals surface area contributed by atoms with E-state index in [0.717, 1.165) is 26.9 Å². The predicted octanol–water partition coefficient (Wildman–Crippen LogP) is 4.36. The number of hydrogen-bond donors (Lipinski definition) is 1. The fourth-order valence-corrected chi connectivity index (χ4v) is 2.68. The summed E-state index contributed by atoms with van der Waals surface area (Å²) in [4.78, 5) is 0. The molecule has 0 spiro atoms. The van der Waals surface area contributed by atoms with Crippen molar-refractivity contribution in [3.05, 3.63) is 71.0 Å². The Morgan fingerprint density at radius 1 is 1.10 bits per heavy atom. The molecule has 0 bridgehead atoms. The number of aliphatic hydroxyl groups is 1. The summed E-state index contributed by atoms with van der Waals surface area (Å²) < 4.78 is 2.74. The molecule has 0 saturated heterocycles. The molecule has 1 N–H and O–H groups in total. The van der Waals surface area contributed by atoms with Crippen LogP contribution in [-0.2, 0) is 0 Å². The summed E-state index contributed by atoms with van der Waals surface area (Å²) in [5.74, 6) is 0. The van der Waals surface area contributed by atoms with E-state index in [9.17, 15) is 5.11 Å². The smallest absolute Gasteiger partial charge is 0.0783 e. The van der Waals surface area contributed by atoms with Crippen LogP contribution in [0.5, 0.6) is 0 Å². The lowest BCUT2D eigenvalue weighted by atomic mass is 10.1. The Morgan fingerprint density at radius 3 is 2.57 bits per heavy atom. The Balaban J connectivity index is 2.05. The van der Waals surface area contributed by atoms with Crippen molar-refractivity contribution in [2.75, 3.05) is 0 Å². The van der Waals surface area contributed by atoms with Crippen LogP contribution in [0.25, 0.3) is 16.8 Å². The van der Waals surface area contributed by atoms with Gasteiger partial charge in [-0.3, -0.25) is 0 Å². The predicted molar refractivity (Wildman–Crippen MR) is 87.3 cm³/mol. The van der Waals surface area contributed by atoms with Gasteiger partial charge in [-0.15, -0.1) is 0 Å². The highest BCUT2D eigenvalue weighted by Gasteiger charge is 2.12. The molecule has 0 aliphatic rings. The molecule has 3 aromatic rings. The minimum Gasteiger partial charge on any atom is -0.389 e. The second-order valence-electron chi connectivity index (χ2n) is 4.92. The normalized spacial score (nSPS) is 12.3. The Morgan fingerprint density at radius 2 is 1.86 bits per heavy atom. The van der Waals surface area contributed by atoms with Crippen molar-refractivity contribution in [1.29, 1.82) is 0 Å². The van der Waals surface area contributed by atoms with Crippen LogP contribution in [0.2, 0.25) is 0 Å². The molecule has 0 aliphatic heterocycles. The van der Waals surface area contributed by atoms with Crippen LogP contribution in [0.15, 0.2) is 65.4 Å². The first-order chi connectivity index (χ1) is 10.1. The molecule has 2 aromatic carbocycles. The summed E-state index contributed by atoms with van der Waals surface area (Å²) >= 11 is 3.44. The Kier molecular flexibility index (Phi) is 3.90. The molecule has 0 amide bonds. The average Bonchev–Trinajstić information content (AvgIpc) is 2.97. The van der Waals surface area contributed by atoms with Crippen molar-refractivity contribution in [3.8, 4) is 16.8 Å². The van der Waals surface area contributed by atoms with Crippen molar-refractivity contribution < 1.29 is 5.11 Å². The third-order valence-electron chi connectivity index (χ3n) is 3.38. The number of benzene rings is 2. The van der Waals surface area contributed by atoms with Gasteiger partial charge in [0.2, 0.25) is 0 Å². The molecule has 0 radical (unpaired) electrons. The minimum absolute atomic E-state index is 0.554. The van der Waals surface area contributed by atoms with Crippen LogP contribution in [0, 0.1) is 0 Å². The molecule has 21 heavy (non-hydrogen) atoms. The van der Waals surface area contributed by atoms with E-state index in [1.165, 1.54) is 0 Å². The third-order valence-corrected chi connectivity index (χ3v) is 3.87. The summed E-state index contributed by atoms with van der Waals surface area (Å²) in [5.41, 5.74) is 3.90. The molecular weight excluding hydrogens is 328 g/mol. The number of aliphatic hydroxyl groups excluding tert-OH is 1. The van der Waals surface area contributed by atoms with Crippen LogP contribution >= 0.6 is 15.9 Å². The van der Waals surface area contributed by atoms with E-state index in [0.29, 0.717) is 0 Å². The number of aromatic nitrogens is 2. The van der Waals surface area contributed by atoms with Crippen LogP contribution in [0.3, 0.4) is 0 Å². The molecule has 1 aromatic heterocycles. The van der Waals surface area contributed by atoms with Crippen LogP contribution in [0.4, 0.5) is 0 Å². The summed E-state index contributed by atoms with van der Waals surface area (Å²) in [5, 5.41) is 14.4. The second kappa shape index (κ2) is 5.84. The van der Waals surface area contributed by atoms with Gasteiger partial charge in [-0.25, -0.2) is 4.68 Å². The van der Waals surface area contributed by atoms with Crippen molar-refractivity contribution in [3.63, 3.8) is 0 Å². The van der Waals surface area contributed by atoms with E-state index >= 15 is 0 Å². The van der Waals surface area contributed by atoms with Gasteiger partial charge in [0.25, 0.3) is 0 Å². The van der Waals surface area contributed by atoms with Gasteiger partial charge in [-0.2, -0.15) is 5.10 Å². The SMILES string of the molecule is CC(O)c1cc(Br)ccc1-n1cc(-c2ccccc2)cn1. The summed E-state index contributed by atoms with van der Waals surface area (Å²) in [7, 11) is 0. The largest absolute Gasteiger partial charge is 0.389 e. The Bertz CT molecular complexity index is 750. The van der Waals surface area contributed by atoms with E-state index < -0.39 is 6.10 Å². The van der Waals surface area contributed by atoms with Gasteiger partial charge in [0.05, 0.1) is 18.0 Å². The highest BCUT2D eigenvalue weighted by molar-refractivity contribution is 9.10. The standard InChI is InChI=1S/C17H15BrN2O/c1-12(21)16-9-15(18)7-8-17(16)20-11-14(10-19-20)13-5-3-2-4-6-13/h2-12,21H,1H3. The van der Waals surface area contributed by atoms with Gasteiger partial charge in [0.15, 0.2) is 0 Å². The fourth-order valence-electron chi connectivity index (χ4n) is 2.30. The van der Waals surface area contributed by atoms with Crippen molar-refractivity contribution in [1.82, 2.24) is 9.78 Å². The van der Waals surface area contributed by atoms with Crippen molar-refractivity contribution in [2.45, 2.75) is 13.0 Å². The lowest BCUT2D eigenvalue weighted by Gasteiger charge is -2.12. The van der Waals surface area contributed by atoms with Gasteiger partial charge in [0, 0.05) is 21.8 Å². The Labute approximate surface area is 132 Å². The molecule has 0 saturated carbocycles. The van der Waals surface area contributed by atoms with Gasteiger partial charge in [0.1, 0.15) is 0 Å². The van der Waals surface area contributed by atoms with E-state index in [-0.39, 0.29) is 0 Å². The summed E-state index contributed by atoms with van der Waals surface area (Å²) in [6, 6.07) is 15.9. The molecule has 1 atom stereocenters. The third kappa shape index (κ3) is 2.91. The van der Waals surface area contributed by atoms with Crippen LogP contribution in [-0.4, -0.2) is 14.9 Å². The van der Waals surface area contributed by atoms with Gasteiger partial charge in [-0.1, -0.05) is 46.3 Å². The average molecular weight is 343 g/mol. The topological polar surface area (TPSA) is 38.0 Å². The lowest BCUT2D eigenvalue weighted by molar-refractivity contribution is 0.199. The first kappa shape index (κ1) is 14.0. The zero-order chi connectivity index (χ0) is 14.8. The lowest BCUT2D eigenvalue weighted by Crippen LogP contribution is -2.03. The number of hydrogen-bond acceptors (Lipinski definition) is 2. The van der Waals surface area contributed by atoms with Gasteiger partial charge >= 0.3 is 0 Å². The molecular formula is C17H15BrN2O.